The minimum absolute atomic E-state index is 0.0729. The lowest BCUT2D eigenvalue weighted by molar-refractivity contribution is -0.139. The number of halogens is 6. The normalized spacial score (nSPS) is 16.9. The van der Waals surface area contributed by atoms with Gasteiger partial charge in [-0.3, -0.25) is 58.1 Å². The molecule has 11 heterocycles. The summed E-state index contributed by atoms with van der Waals surface area (Å²) in [6.45, 7) is 3.59. The molecule has 4 aromatic carbocycles. The van der Waals surface area contributed by atoms with Crippen LogP contribution in [0.15, 0.2) is 201 Å². The maximum atomic E-state index is 14.4. The number of hydrogen-bond acceptors (Lipinski definition) is 19. The van der Waals surface area contributed by atoms with Crippen LogP contribution >= 0.6 is 39.1 Å². The Balaban J connectivity index is 0.000000150. The van der Waals surface area contributed by atoms with Crippen LogP contribution in [0.1, 0.15) is 76.7 Å². The van der Waals surface area contributed by atoms with Gasteiger partial charge < -0.3 is 60.3 Å². The molecule has 0 bridgehead atoms. The van der Waals surface area contributed by atoms with E-state index in [0.717, 1.165) is 28.3 Å². The monoisotopic (exact) mass is 1660 g/mol. The Kier molecular flexibility index (Phi) is 25.1. The van der Waals surface area contributed by atoms with Gasteiger partial charge in [0.1, 0.15) is 68.9 Å². The Morgan fingerprint density at radius 3 is 1.22 bits per heavy atom. The average Bonchev–Trinajstić information content (AvgIpc) is 1.64. The lowest BCUT2D eigenvalue weighted by Gasteiger charge is -2.24. The quantitative estimate of drug-likeness (QED) is 0.0343. The second-order valence-corrected chi connectivity index (χ2v) is 29.3. The zero-order valence-electron chi connectivity index (χ0n) is 61.8. The molecule has 0 aliphatic carbocycles. The highest BCUT2D eigenvalue weighted by atomic mass is 79.9. The highest BCUT2D eigenvalue weighted by molar-refractivity contribution is 9.10. The number of fused-ring (bicyclic) bond motifs is 3. The van der Waals surface area contributed by atoms with Crippen LogP contribution in [0.5, 0.6) is 0 Å². The van der Waals surface area contributed by atoms with Gasteiger partial charge in [-0.25, -0.2) is 33.1 Å². The number of nitrogens with zero attached hydrogens (tertiary/aromatic N) is 13. The standard InChI is InChI=1S/C28H26ClFN6O3.C27H24ClFN6O3.C26H23BrFN7O3/c1-17(37)24-14-35(25-6-5-21(9-23(24)25)34-22-11-31-16-32-12-22)15-27(38)36-13-20(30)8-26(36)28(39)33-10-18-3-2-4-19(29)7-18;1-16(36)23-14-34(24-5-4-19(9-22(23)24)32-20-3-2-6-30-11-20)15-26(37)35-13-18(29)8-25(35)27(38)33-21-7-17(28)10-31-12-21;1-15(36)22-12-34(23-3-2-18(6-21(22)23)32-20-9-30-14-31-10-20)13-25(37)35-11-17(28)5-24(35)26(38)33-19-4-16(27)7-29-8-19/h2-7,9,11-12,14,16,20,26,34H,8,10,13,15H2,1H3,(H,33,39);2-7,9-12,14,18,25,32H,8,13,15H2,1H3,(H,33,38);2-4,6-10,12,14,17,24,32H,5,11,13H2,1H3,(H,33,38)/t20-,26+;18-,25+;17-,24+/m111/s1. The Morgan fingerprint density at radius 1 is 0.417 bits per heavy atom. The number of aromatic nitrogens is 10. The number of benzene rings is 4. The molecule has 0 radical (unpaired) electrons. The van der Waals surface area contributed by atoms with E-state index in [9.17, 15) is 56.3 Å². The van der Waals surface area contributed by atoms with Crippen LogP contribution in [-0.4, -0.2) is 172 Å². The first-order valence-electron chi connectivity index (χ1n) is 36.1. The maximum absolute atomic E-state index is 14.4. The smallest absolute Gasteiger partial charge is 0.247 e. The predicted octanol–water partition coefficient (Wildman–Crippen LogP) is 13.0. The summed E-state index contributed by atoms with van der Waals surface area (Å²) in [6, 6.07) is 27.4. The number of Topliss-reactive ketones (excluding diaryl/α,β-unsaturated/α-hetero) is 3. The summed E-state index contributed by atoms with van der Waals surface area (Å²) >= 11 is 15.2. The van der Waals surface area contributed by atoms with Gasteiger partial charge in [-0.15, -0.1) is 0 Å². The number of nitrogens with one attached hydrogen (secondary N) is 6. The molecule has 0 unspecified atom stereocenters. The summed E-state index contributed by atoms with van der Waals surface area (Å²) in [5.41, 5.74) is 9.30. The van der Waals surface area contributed by atoms with Crippen LogP contribution in [0.3, 0.4) is 0 Å². The molecule has 0 spiro atoms. The van der Waals surface area contributed by atoms with Crippen LogP contribution in [0, 0.1) is 0 Å². The van der Waals surface area contributed by atoms with Crippen LogP contribution in [0.25, 0.3) is 32.7 Å². The summed E-state index contributed by atoms with van der Waals surface area (Å²) in [5, 5.41) is 20.7. The predicted molar refractivity (Wildman–Crippen MR) is 431 cm³/mol. The highest BCUT2D eigenvalue weighted by Crippen LogP contribution is 2.34. The van der Waals surface area contributed by atoms with E-state index < -0.39 is 72.1 Å². The number of pyridine rings is 3. The summed E-state index contributed by atoms with van der Waals surface area (Å²) in [6.07, 6.45) is 19.2. The SMILES string of the molecule is CC(=O)c1cn(CC(=O)N2C[C@H](F)C[C@H]2C(=O)NCc2cccc(Cl)c2)c2ccc(Nc3cncnc3)cc12.CC(=O)c1cn(CC(=O)N2C[C@H](F)C[C@H]2C(=O)Nc2cncc(Br)c2)c2ccc(Nc3cncnc3)cc12.CC(=O)c1cn(CC(=O)N2C[C@H](F)C[C@H]2C(=O)Nc2cncc(Cl)c2)c2ccc(Nc3cccnc3)cc12. The molecule has 15 rings (SSSR count). The molecule has 115 heavy (non-hydrogen) atoms. The number of carbonyl (C=O) groups is 9. The molecule has 588 valence electrons. The molecule has 6 atom stereocenters. The Morgan fingerprint density at radius 2 is 0.817 bits per heavy atom. The number of hydrogen-bond donors (Lipinski definition) is 6. The second kappa shape index (κ2) is 35.9. The molecule has 34 heteroatoms. The molecule has 3 aliphatic rings. The van der Waals surface area contributed by atoms with E-state index in [2.05, 4.69) is 82.7 Å². The Labute approximate surface area is 673 Å². The van der Waals surface area contributed by atoms with E-state index >= 15 is 0 Å². The van der Waals surface area contributed by atoms with E-state index in [0.29, 0.717) is 86.7 Å². The second-order valence-electron chi connectivity index (χ2n) is 27.5. The van der Waals surface area contributed by atoms with Crippen LogP contribution in [0.2, 0.25) is 10.0 Å². The minimum atomic E-state index is -1.33. The third-order valence-corrected chi connectivity index (χ3v) is 20.1. The van der Waals surface area contributed by atoms with Crippen molar-refractivity contribution >= 4 is 170 Å². The van der Waals surface area contributed by atoms with Gasteiger partial charge in [-0.05, 0) is 133 Å². The summed E-state index contributed by atoms with van der Waals surface area (Å²) in [4.78, 5) is 148. The van der Waals surface area contributed by atoms with Gasteiger partial charge in [-0.1, -0.05) is 35.3 Å². The first-order valence-corrected chi connectivity index (χ1v) is 37.7. The molecule has 0 saturated carbocycles. The van der Waals surface area contributed by atoms with Gasteiger partial charge in [0.05, 0.1) is 96.5 Å². The minimum Gasteiger partial charge on any atom is -0.354 e. The number of ketones is 3. The molecule has 3 aliphatic heterocycles. The number of likely N-dealkylation sites (tertiary alicyclic amines) is 3. The van der Waals surface area contributed by atoms with Crippen molar-refractivity contribution in [3.05, 3.63) is 233 Å². The molecule has 3 fully saturated rings. The molecule has 6 amide bonds. The third-order valence-electron chi connectivity index (χ3n) is 19.3. The lowest BCUT2D eigenvalue weighted by Crippen LogP contribution is -2.46. The van der Waals surface area contributed by atoms with Crippen molar-refractivity contribution in [2.45, 2.75) is 103 Å². The fraction of sp³-hybridized carbons (Fsp3) is 0.235. The highest BCUT2D eigenvalue weighted by Gasteiger charge is 2.43. The van der Waals surface area contributed by atoms with Crippen LogP contribution < -0.4 is 31.9 Å². The van der Waals surface area contributed by atoms with Crippen molar-refractivity contribution in [1.29, 1.82) is 0 Å². The van der Waals surface area contributed by atoms with Gasteiger partial charge in [0, 0.05) is 139 Å². The molecule has 3 saturated heterocycles. The largest absolute Gasteiger partial charge is 0.354 e. The summed E-state index contributed by atoms with van der Waals surface area (Å²) in [5.74, 6) is -3.17. The van der Waals surface area contributed by atoms with Crippen molar-refractivity contribution in [3.8, 4) is 0 Å². The zero-order chi connectivity index (χ0) is 81.1. The summed E-state index contributed by atoms with van der Waals surface area (Å²) in [7, 11) is 0. The van der Waals surface area contributed by atoms with E-state index in [1.807, 2.05) is 60.7 Å². The third kappa shape index (κ3) is 19.6. The van der Waals surface area contributed by atoms with Gasteiger partial charge in [0.2, 0.25) is 35.4 Å². The molecular formula is C81H73BrCl2F3N19O9. The van der Waals surface area contributed by atoms with Crippen LogP contribution in [-0.2, 0) is 54.9 Å². The van der Waals surface area contributed by atoms with Gasteiger partial charge in [0.25, 0.3) is 0 Å². The Hall–Kier alpha value is -12.8. The molecular weight excluding hydrogens is 1590 g/mol. The maximum Gasteiger partial charge on any atom is 0.247 e. The number of rotatable bonds is 22. The fourth-order valence-electron chi connectivity index (χ4n) is 14.0. The number of amides is 6. The first kappa shape index (κ1) is 80.2. The number of anilines is 8. The molecule has 8 aromatic heterocycles. The topological polar surface area (TPSA) is 341 Å². The van der Waals surface area contributed by atoms with Gasteiger partial charge in [0.15, 0.2) is 17.3 Å². The first-order chi connectivity index (χ1) is 55.3. The van der Waals surface area contributed by atoms with E-state index in [1.165, 1.54) is 72.8 Å². The van der Waals surface area contributed by atoms with E-state index in [1.54, 1.807) is 112 Å². The van der Waals surface area contributed by atoms with Crippen molar-refractivity contribution in [2.24, 2.45) is 0 Å². The van der Waals surface area contributed by atoms with Crippen molar-refractivity contribution in [2.75, 3.05) is 46.2 Å². The molecule has 28 nitrogen and oxygen atoms in total. The van der Waals surface area contributed by atoms with Crippen molar-refractivity contribution < 1.29 is 56.3 Å². The van der Waals surface area contributed by atoms with Gasteiger partial charge >= 0.3 is 0 Å². The Bertz CT molecular complexity index is 5460. The van der Waals surface area contributed by atoms with E-state index in [4.69, 9.17) is 23.2 Å². The molecule has 12 aromatic rings. The average molecular weight is 1660 g/mol. The fourth-order valence-corrected chi connectivity index (χ4v) is 14.8. The van der Waals surface area contributed by atoms with Crippen molar-refractivity contribution in [1.82, 2.24) is 68.6 Å². The van der Waals surface area contributed by atoms with Crippen molar-refractivity contribution in [3.63, 3.8) is 0 Å². The molecule has 6 N–H and O–H groups in total. The van der Waals surface area contributed by atoms with E-state index in [-0.39, 0.29) is 82.4 Å². The summed E-state index contributed by atoms with van der Waals surface area (Å²) < 4.78 is 48.9. The zero-order valence-corrected chi connectivity index (χ0v) is 64.9. The van der Waals surface area contributed by atoms with Crippen LogP contribution in [0.4, 0.5) is 58.7 Å². The number of carbonyl (C=O) groups excluding carboxylic acids is 9. The van der Waals surface area contributed by atoms with Gasteiger partial charge in [-0.2, -0.15) is 0 Å². The number of alkyl halides is 3. The lowest BCUT2D eigenvalue weighted by atomic mass is 10.1.